The van der Waals surface area contributed by atoms with Crippen LogP contribution in [-0.4, -0.2) is 10.9 Å². The van der Waals surface area contributed by atoms with Crippen LogP contribution in [0.2, 0.25) is 0 Å². The molecule has 2 nitrogen and oxygen atoms in total. The molecule has 0 amide bonds. The quantitative estimate of drug-likeness (QED) is 0.900. The van der Waals surface area contributed by atoms with Crippen LogP contribution in [0.4, 0.5) is 0 Å². The maximum atomic E-state index is 12.0. The van der Waals surface area contributed by atoms with Gasteiger partial charge in [-0.05, 0) is 36.0 Å². The van der Waals surface area contributed by atoms with Crippen LogP contribution in [0.3, 0.4) is 0 Å². The zero-order chi connectivity index (χ0) is 13.3. The third-order valence-corrected chi connectivity index (χ3v) is 4.36. The normalized spacial score (nSPS) is 24.9. The van der Waals surface area contributed by atoms with E-state index in [2.05, 4.69) is 29.8 Å². The van der Waals surface area contributed by atoms with Crippen LogP contribution in [-0.2, 0) is 4.79 Å². The van der Waals surface area contributed by atoms with Crippen LogP contribution in [0.25, 0.3) is 0 Å². The number of aliphatic hydroxyl groups excluding tert-OH is 1. The fraction of sp³-hybridized carbons (Fsp3) is 0.533. The van der Waals surface area contributed by atoms with E-state index in [1.165, 1.54) is 0 Å². The molecule has 0 unspecified atom stereocenters. The Morgan fingerprint density at radius 1 is 1.33 bits per heavy atom. The van der Waals surface area contributed by atoms with Crippen molar-refractivity contribution in [1.29, 1.82) is 0 Å². The lowest BCUT2D eigenvalue weighted by Gasteiger charge is -2.36. The summed E-state index contributed by atoms with van der Waals surface area (Å²) in [6.07, 6.45) is 1.61. The van der Waals surface area contributed by atoms with Crippen molar-refractivity contribution in [2.75, 3.05) is 0 Å². The number of ketones is 1. The number of hydrogen-bond donors (Lipinski definition) is 1. The van der Waals surface area contributed by atoms with E-state index in [1.807, 2.05) is 24.3 Å². The highest BCUT2D eigenvalue weighted by Gasteiger charge is 2.37. The highest BCUT2D eigenvalue weighted by atomic mass is 79.9. The van der Waals surface area contributed by atoms with E-state index in [1.54, 1.807) is 0 Å². The molecule has 0 aromatic heterocycles. The van der Waals surface area contributed by atoms with Crippen molar-refractivity contribution >= 4 is 21.7 Å². The number of Topliss-reactive ketones (excluding diaryl/α,β-unsaturated/α-hetero) is 1. The van der Waals surface area contributed by atoms with Gasteiger partial charge in [-0.2, -0.15) is 0 Å². The molecule has 0 radical (unpaired) electrons. The molecule has 98 valence electrons. The zero-order valence-corrected chi connectivity index (χ0v) is 12.4. The fourth-order valence-electron chi connectivity index (χ4n) is 2.64. The summed E-state index contributed by atoms with van der Waals surface area (Å²) in [6.45, 7) is 4.33. The molecule has 1 aliphatic carbocycles. The molecule has 0 heterocycles. The molecule has 1 aliphatic rings. The monoisotopic (exact) mass is 310 g/mol. The Kier molecular flexibility index (Phi) is 3.93. The standard InChI is InChI=1S/C15H19BrO2/c1-15(2)8-7-13(17)12(9-15)14(18)10-3-5-11(16)6-4-10/h3-6,12,14,18H,7-9H2,1-2H3/t12-,14+/m1/s1. The number of carbonyl (C=O) groups is 1. The van der Waals surface area contributed by atoms with Crippen molar-refractivity contribution in [3.8, 4) is 0 Å². The van der Waals surface area contributed by atoms with Gasteiger partial charge in [-0.15, -0.1) is 0 Å². The molecular weight excluding hydrogens is 292 g/mol. The van der Waals surface area contributed by atoms with Gasteiger partial charge in [-0.1, -0.05) is 41.9 Å². The van der Waals surface area contributed by atoms with E-state index in [0.29, 0.717) is 6.42 Å². The van der Waals surface area contributed by atoms with E-state index in [0.717, 1.165) is 22.9 Å². The first-order chi connectivity index (χ1) is 8.39. The van der Waals surface area contributed by atoms with Gasteiger partial charge >= 0.3 is 0 Å². The van der Waals surface area contributed by atoms with E-state index in [9.17, 15) is 9.90 Å². The number of carbonyl (C=O) groups excluding carboxylic acids is 1. The molecule has 1 fully saturated rings. The van der Waals surface area contributed by atoms with Gasteiger partial charge in [0.15, 0.2) is 0 Å². The molecule has 2 rings (SSSR count). The first-order valence-electron chi connectivity index (χ1n) is 6.35. The second-order valence-corrected chi connectivity index (χ2v) is 6.85. The van der Waals surface area contributed by atoms with E-state index < -0.39 is 6.10 Å². The van der Waals surface area contributed by atoms with Crippen molar-refractivity contribution in [3.05, 3.63) is 34.3 Å². The lowest BCUT2D eigenvalue weighted by molar-refractivity contribution is -0.131. The maximum absolute atomic E-state index is 12.0. The largest absolute Gasteiger partial charge is 0.388 e. The Hall–Kier alpha value is -0.670. The molecule has 0 bridgehead atoms. The molecule has 0 spiro atoms. The molecule has 1 saturated carbocycles. The summed E-state index contributed by atoms with van der Waals surface area (Å²) < 4.78 is 0.980. The van der Waals surface area contributed by atoms with Gasteiger partial charge in [-0.3, -0.25) is 4.79 Å². The Morgan fingerprint density at radius 2 is 1.94 bits per heavy atom. The van der Waals surface area contributed by atoms with E-state index >= 15 is 0 Å². The zero-order valence-electron chi connectivity index (χ0n) is 10.8. The molecule has 1 N–H and O–H groups in total. The third kappa shape index (κ3) is 3.01. The number of rotatable bonds is 2. The van der Waals surface area contributed by atoms with Crippen molar-refractivity contribution in [2.24, 2.45) is 11.3 Å². The minimum atomic E-state index is -0.676. The fourth-order valence-corrected chi connectivity index (χ4v) is 2.90. The predicted molar refractivity (Wildman–Crippen MR) is 75.2 cm³/mol. The summed E-state index contributed by atoms with van der Waals surface area (Å²) in [5, 5.41) is 10.4. The summed E-state index contributed by atoms with van der Waals surface area (Å²) in [5.41, 5.74) is 0.976. The van der Waals surface area contributed by atoms with Gasteiger partial charge in [0.05, 0.1) is 6.10 Å². The minimum absolute atomic E-state index is 0.148. The number of benzene rings is 1. The summed E-state index contributed by atoms with van der Waals surface area (Å²) in [6, 6.07) is 7.56. The summed E-state index contributed by atoms with van der Waals surface area (Å²) >= 11 is 3.37. The Morgan fingerprint density at radius 3 is 2.56 bits per heavy atom. The van der Waals surface area contributed by atoms with Crippen LogP contribution < -0.4 is 0 Å². The van der Waals surface area contributed by atoms with Crippen LogP contribution in [0, 0.1) is 11.3 Å². The molecule has 2 atom stereocenters. The Balaban J connectivity index is 2.19. The van der Waals surface area contributed by atoms with E-state index in [-0.39, 0.29) is 17.1 Å². The summed E-state index contributed by atoms with van der Waals surface area (Å²) in [4.78, 5) is 12.0. The van der Waals surface area contributed by atoms with Gasteiger partial charge in [0.1, 0.15) is 5.78 Å². The average molecular weight is 311 g/mol. The van der Waals surface area contributed by atoms with Gasteiger partial charge in [0.25, 0.3) is 0 Å². The van der Waals surface area contributed by atoms with Crippen molar-refractivity contribution in [3.63, 3.8) is 0 Å². The second kappa shape index (κ2) is 5.14. The van der Waals surface area contributed by atoms with Crippen LogP contribution >= 0.6 is 15.9 Å². The van der Waals surface area contributed by atoms with E-state index in [4.69, 9.17) is 0 Å². The lowest BCUT2D eigenvalue weighted by Crippen LogP contribution is -2.33. The van der Waals surface area contributed by atoms with Gasteiger partial charge in [0.2, 0.25) is 0 Å². The van der Waals surface area contributed by atoms with Crippen molar-refractivity contribution < 1.29 is 9.90 Å². The third-order valence-electron chi connectivity index (χ3n) is 3.83. The average Bonchev–Trinajstić information content (AvgIpc) is 2.32. The predicted octanol–water partition coefficient (Wildman–Crippen LogP) is 3.88. The van der Waals surface area contributed by atoms with Crippen LogP contribution in [0.15, 0.2) is 28.7 Å². The number of hydrogen-bond acceptors (Lipinski definition) is 2. The Bertz CT molecular complexity index is 436. The molecule has 1 aromatic rings. The molecule has 3 heteroatoms. The van der Waals surface area contributed by atoms with Gasteiger partial charge in [-0.25, -0.2) is 0 Å². The van der Waals surface area contributed by atoms with Crippen LogP contribution in [0.1, 0.15) is 44.8 Å². The first kappa shape index (κ1) is 13.8. The van der Waals surface area contributed by atoms with Gasteiger partial charge in [0, 0.05) is 16.8 Å². The Labute approximate surface area is 117 Å². The smallest absolute Gasteiger partial charge is 0.138 e. The molecule has 1 aromatic carbocycles. The summed E-state index contributed by atoms with van der Waals surface area (Å²) in [7, 11) is 0. The highest BCUT2D eigenvalue weighted by molar-refractivity contribution is 9.10. The highest BCUT2D eigenvalue weighted by Crippen LogP contribution is 2.41. The topological polar surface area (TPSA) is 37.3 Å². The maximum Gasteiger partial charge on any atom is 0.138 e. The SMILES string of the molecule is CC1(C)CCC(=O)[C@H]([C@@H](O)c2ccc(Br)cc2)C1. The van der Waals surface area contributed by atoms with Crippen molar-refractivity contribution in [1.82, 2.24) is 0 Å². The molecule has 18 heavy (non-hydrogen) atoms. The summed E-state index contributed by atoms with van der Waals surface area (Å²) in [5.74, 6) is -0.0559. The molecule has 0 saturated heterocycles. The lowest BCUT2D eigenvalue weighted by atomic mass is 9.69. The molecular formula is C15H19BrO2. The minimum Gasteiger partial charge on any atom is -0.388 e. The second-order valence-electron chi connectivity index (χ2n) is 5.94. The first-order valence-corrected chi connectivity index (χ1v) is 7.15. The number of aliphatic hydroxyl groups is 1. The molecule has 0 aliphatic heterocycles. The number of halogens is 1. The van der Waals surface area contributed by atoms with Crippen LogP contribution in [0.5, 0.6) is 0 Å². The van der Waals surface area contributed by atoms with Gasteiger partial charge < -0.3 is 5.11 Å². The van der Waals surface area contributed by atoms with Crippen molar-refractivity contribution in [2.45, 2.75) is 39.2 Å².